The summed E-state index contributed by atoms with van der Waals surface area (Å²) in [4.78, 5) is 24.0. The highest BCUT2D eigenvalue weighted by Gasteiger charge is 2.34. The van der Waals surface area contributed by atoms with Gasteiger partial charge in [0.2, 0.25) is 0 Å². The minimum Gasteiger partial charge on any atom is -0.386 e. The molecule has 6 rings (SSSR count). The molecule has 3 atom stereocenters. The van der Waals surface area contributed by atoms with Crippen LogP contribution in [0.1, 0.15) is 18.4 Å². The van der Waals surface area contributed by atoms with E-state index in [1.165, 1.54) is 10.9 Å². The number of hydrogen-bond donors (Lipinski definition) is 3. The number of amides is 1. The molecule has 4 heterocycles. The molecule has 190 valence electrons. The molecule has 1 saturated heterocycles. The molecule has 3 aliphatic rings. The Hall–Kier alpha value is -3.51. The number of alkyl halides is 2. The highest BCUT2D eigenvalue weighted by Crippen LogP contribution is 2.32. The molecule has 2 aromatic heterocycles. The number of aromatic nitrogens is 3. The Balaban J connectivity index is 1.42. The zero-order valence-electron chi connectivity index (χ0n) is 19.7. The maximum absolute atomic E-state index is 13.4. The molecule has 1 unspecified atom stereocenters. The van der Waals surface area contributed by atoms with Crippen molar-refractivity contribution in [2.24, 2.45) is 0 Å². The summed E-state index contributed by atoms with van der Waals surface area (Å²) < 4.78 is 39.5. The molecular weight excluding hydrogens is 472 g/mol. The smallest absolute Gasteiger partial charge is 0.328 e. The number of carbonyl (C=O) groups excluding carboxylic acids is 1. The summed E-state index contributed by atoms with van der Waals surface area (Å²) in [6, 6.07) is 7.23. The van der Waals surface area contributed by atoms with Crippen molar-refractivity contribution in [1.29, 1.82) is 0 Å². The van der Waals surface area contributed by atoms with E-state index in [0.29, 0.717) is 30.1 Å². The van der Waals surface area contributed by atoms with Gasteiger partial charge >= 0.3 is 6.03 Å². The van der Waals surface area contributed by atoms with E-state index in [9.17, 15) is 13.6 Å². The van der Waals surface area contributed by atoms with E-state index in [1.54, 1.807) is 7.05 Å². The van der Waals surface area contributed by atoms with Crippen LogP contribution in [0.3, 0.4) is 0 Å². The van der Waals surface area contributed by atoms with Crippen LogP contribution in [0.2, 0.25) is 0 Å². The predicted molar refractivity (Wildman–Crippen MR) is 130 cm³/mol. The summed E-state index contributed by atoms with van der Waals surface area (Å²) in [5.41, 5.74) is 4.14. The molecule has 1 aromatic carbocycles. The first kappa shape index (κ1) is 22.9. The van der Waals surface area contributed by atoms with Gasteiger partial charge in [-0.25, -0.2) is 28.1 Å². The normalized spacial score (nSPS) is 24.1. The molecule has 1 aliphatic carbocycles. The van der Waals surface area contributed by atoms with Gasteiger partial charge in [0.05, 0.1) is 31.0 Å². The van der Waals surface area contributed by atoms with Gasteiger partial charge in [0.25, 0.3) is 6.43 Å². The molecule has 2 fully saturated rings. The molecule has 1 saturated carbocycles. The molecule has 36 heavy (non-hydrogen) atoms. The molecule has 1 amide bonds. The van der Waals surface area contributed by atoms with Crippen molar-refractivity contribution in [2.45, 2.75) is 44.1 Å². The summed E-state index contributed by atoms with van der Waals surface area (Å²) in [7, 11) is 1.78. The first-order valence-electron chi connectivity index (χ1n) is 12.0. The van der Waals surface area contributed by atoms with Crippen molar-refractivity contribution < 1.29 is 23.0 Å². The van der Waals surface area contributed by atoms with Gasteiger partial charge < -0.3 is 30.3 Å². The number of anilines is 4. The monoisotopic (exact) mass is 499 g/mol. The Morgan fingerprint density at radius 1 is 1.19 bits per heavy atom. The number of benzene rings is 1. The lowest BCUT2D eigenvalue weighted by molar-refractivity contribution is -0.0614. The zero-order chi connectivity index (χ0) is 24.8. The Morgan fingerprint density at radius 2 is 2.08 bits per heavy atom. The number of hydrogen-bond acceptors (Lipinski definition) is 8. The lowest BCUT2D eigenvalue weighted by Crippen LogP contribution is -2.52. The molecule has 4 bridgehead atoms. The Labute approximate surface area is 206 Å². The second-order valence-electron chi connectivity index (χ2n) is 9.28. The summed E-state index contributed by atoms with van der Waals surface area (Å²) in [5.74, 6) is 0.511. The Bertz CT molecular complexity index is 1300. The zero-order valence-corrected chi connectivity index (χ0v) is 19.7. The third kappa shape index (κ3) is 4.20. The number of rotatable bonds is 3. The minimum absolute atomic E-state index is 0.103. The number of fused-ring (bicyclic) bond motifs is 4. The number of carbonyl (C=O) groups is 1. The molecular formula is C24H27F2N7O3. The number of imidazole rings is 1. The fourth-order valence-electron chi connectivity index (χ4n) is 4.88. The molecule has 0 radical (unpaired) electrons. The molecule has 10 nitrogen and oxygen atoms in total. The van der Waals surface area contributed by atoms with Crippen LogP contribution in [0.25, 0.3) is 11.2 Å². The van der Waals surface area contributed by atoms with Crippen LogP contribution < -0.4 is 20.9 Å². The standard InChI is InChI=1S/C24H27F2N7O3/c1-27-17-9-20-29-14-6-13(7-15(8-14)32-4-5-35-19(10-32)22(25)26)11-36-18-3-2-16(18)30-24(34)33-12-28-21(17)23(33)31-20/h6-9,12,16,18-19,22H,2-5,10-11H2,1H3,(H,30,34)(H2,27,29,31)/t16-,18-,19?/m1/s1. The molecule has 3 N–H and O–H groups in total. The predicted octanol–water partition coefficient (Wildman–Crippen LogP) is 3.31. The van der Waals surface area contributed by atoms with Crippen LogP contribution in [-0.2, 0) is 16.1 Å². The van der Waals surface area contributed by atoms with E-state index in [4.69, 9.17) is 9.47 Å². The van der Waals surface area contributed by atoms with Gasteiger partial charge in [-0.05, 0) is 36.6 Å². The number of ether oxygens (including phenoxy) is 2. The quantitative estimate of drug-likeness (QED) is 0.504. The highest BCUT2D eigenvalue weighted by molar-refractivity contribution is 5.94. The van der Waals surface area contributed by atoms with Crippen molar-refractivity contribution in [3.63, 3.8) is 0 Å². The number of pyridine rings is 1. The second kappa shape index (κ2) is 9.17. The third-order valence-corrected chi connectivity index (χ3v) is 6.97. The van der Waals surface area contributed by atoms with Gasteiger partial charge in [0, 0.05) is 37.6 Å². The van der Waals surface area contributed by atoms with Gasteiger partial charge in [-0.1, -0.05) is 0 Å². The molecule has 12 heteroatoms. The van der Waals surface area contributed by atoms with Crippen molar-refractivity contribution in [3.05, 3.63) is 36.2 Å². The first-order chi connectivity index (χ1) is 17.5. The number of halogens is 2. The largest absolute Gasteiger partial charge is 0.386 e. The van der Waals surface area contributed by atoms with E-state index >= 15 is 0 Å². The van der Waals surface area contributed by atoms with E-state index in [-0.39, 0.29) is 31.3 Å². The second-order valence-corrected chi connectivity index (χ2v) is 9.28. The van der Waals surface area contributed by atoms with E-state index in [2.05, 4.69) is 25.9 Å². The van der Waals surface area contributed by atoms with Crippen LogP contribution in [-0.4, -0.2) is 72.0 Å². The van der Waals surface area contributed by atoms with Crippen LogP contribution in [0.4, 0.5) is 36.5 Å². The average molecular weight is 500 g/mol. The lowest BCUT2D eigenvalue weighted by Gasteiger charge is -2.37. The average Bonchev–Trinajstić information content (AvgIpc) is 3.29. The fraction of sp³-hybridized carbons (Fsp3) is 0.458. The minimum atomic E-state index is -2.55. The summed E-state index contributed by atoms with van der Waals surface area (Å²) in [6.07, 6.45) is -0.668. The van der Waals surface area contributed by atoms with E-state index in [1.807, 2.05) is 29.2 Å². The van der Waals surface area contributed by atoms with Crippen LogP contribution in [0, 0.1) is 0 Å². The van der Waals surface area contributed by atoms with Gasteiger partial charge in [-0.15, -0.1) is 0 Å². The van der Waals surface area contributed by atoms with Crippen LogP contribution in [0.15, 0.2) is 30.6 Å². The van der Waals surface area contributed by atoms with Crippen LogP contribution in [0.5, 0.6) is 0 Å². The van der Waals surface area contributed by atoms with Crippen LogP contribution >= 0.6 is 0 Å². The van der Waals surface area contributed by atoms with E-state index in [0.717, 1.165) is 35.5 Å². The van der Waals surface area contributed by atoms with E-state index < -0.39 is 12.5 Å². The van der Waals surface area contributed by atoms with Gasteiger partial charge in [-0.3, -0.25) is 0 Å². The summed E-state index contributed by atoms with van der Waals surface area (Å²) in [5, 5.41) is 9.48. The fourth-order valence-corrected chi connectivity index (χ4v) is 4.88. The SMILES string of the molecule is CNc1cc2nc3c1ncn3C(=O)N[C@@H]1CC[C@H]1OCc1cc(cc(N3CCOC(C(F)F)C3)c1)N2. The van der Waals surface area contributed by atoms with Gasteiger partial charge in [0.1, 0.15) is 23.8 Å². The van der Waals surface area contributed by atoms with Crippen molar-refractivity contribution in [2.75, 3.05) is 42.3 Å². The summed E-state index contributed by atoms with van der Waals surface area (Å²) >= 11 is 0. The third-order valence-electron chi connectivity index (χ3n) is 6.97. The Kier molecular flexibility index (Phi) is 5.84. The molecule has 0 spiro atoms. The van der Waals surface area contributed by atoms with Gasteiger partial charge in [-0.2, -0.15) is 0 Å². The van der Waals surface area contributed by atoms with Crippen molar-refractivity contribution >= 4 is 40.1 Å². The number of nitrogens with one attached hydrogen (secondary N) is 3. The topological polar surface area (TPSA) is 106 Å². The molecule has 3 aromatic rings. The molecule has 2 aliphatic heterocycles. The summed E-state index contributed by atoms with van der Waals surface area (Å²) in [6.45, 7) is 1.17. The maximum Gasteiger partial charge on any atom is 0.328 e. The number of nitrogens with zero attached hydrogens (tertiary/aromatic N) is 4. The van der Waals surface area contributed by atoms with Gasteiger partial charge in [0.15, 0.2) is 5.65 Å². The maximum atomic E-state index is 13.4. The Morgan fingerprint density at radius 3 is 2.86 bits per heavy atom. The number of morpholine rings is 1. The van der Waals surface area contributed by atoms with Crippen molar-refractivity contribution in [1.82, 2.24) is 19.9 Å². The van der Waals surface area contributed by atoms with Crippen molar-refractivity contribution in [3.8, 4) is 0 Å². The highest BCUT2D eigenvalue weighted by atomic mass is 19.3. The first-order valence-corrected chi connectivity index (χ1v) is 12.0. The lowest BCUT2D eigenvalue weighted by atomic mass is 9.89.